The lowest BCUT2D eigenvalue weighted by atomic mass is 10.2. The van der Waals surface area contributed by atoms with Crippen LogP contribution in [0.3, 0.4) is 0 Å². The van der Waals surface area contributed by atoms with E-state index >= 15 is 0 Å². The van der Waals surface area contributed by atoms with Crippen LogP contribution in [-0.2, 0) is 25.4 Å². The minimum absolute atomic E-state index is 0.000416. The molecule has 0 saturated carbocycles. The highest BCUT2D eigenvalue weighted by Crippen LogP contribution is 2.20. The van der Waals surface area contributed by atoms with E-state index in [0.29, 0.717) is 5.89 Å². The van der Waals surface area contributed by atoms with Crippen molar-refractivity contribution in [1.29, 1.82) is 0 Å². The number of hydrogen-bond acceptors (Lipinski definition) is 8. The molecule has 12 nitrogen and oxygen atoms in total. The molecule has 31 heavy (non-hydrogen) atoms. The van der Waals surface area contributed by atoms with Gasteiger partial charge in [0.05, 0.1) is 12.9 Å². The van der Waals surface area contributed by atoms with Gasteiger partial charge in [0, 0.05) is 19.7 Å². The molecule has 0 fully saturated rings. The number of ether oxygens (including phenoxy) is 1. The Labute approximate surface area is 174 Å². The average molecular weight is 425 g/mol. The summed E-state index contributed by atoms with van der Waals surface area (Å²) in [4.78, 5) is 40.6. The third-order valence-corrected chi connectivity index (χ3v) is 4.60. The second kappa shape index (κ2) is 8.26. The van der Waals surface area contributed by atoms with Crippen molar-refractivity contribution in [3.8, 4) is 17.5 Å². The van der Waals surface area contributed by atoms with Crippen molar-refractivity contribution in [1.82, 2.24) is 34.2 Å². The Balaban J connectivity index is 1.33. The maximum atomic E-state index is 12.3. The number of imidazole rings is 1. The van der Waals surface area contributed by atoms with Gasteiger partial charge in [-0.3, -0.25) is 18.7 Å². The number of nitrogens with one attached hydrogen (secondary N) is 1. The Morgan fingerprint density at radius 1 is 1.13 bits per heavy atom. The number of aryl methyl sites for hydroxylation is 1. The Hall–Kier alpha value is -4.22. The number of carbonyl (C=O) groups excluding carboxylic acids is 1. The van der Waals surface area contributed by atoms with Gasteiger partial charge in [-0.2, -0.15) is 0 Å². The van der Waals surface area contributed by atoms with Crippen molar-refractivity contribution in [2.24, 2.45) is 14.1 Å². The Morgan fingerprint density at radius 2 is 1.90 bits per heavy atom. The Morgan fingerprint density at radius 3 is 2.68 bits per heavy atom. The molecule has 0 atom stereocenters. The van der Waals surface area contributed by atoms with E-state index in [1.54, 1.807) is 0 Å². The van der Waals surface area contributed by atoms with Gasteiger partial charge in [0.15, 0.2) is 5.52 Å². The summed E-state index contributed by atoms with van der Waals surface area (Å²) in [5.74, 6) is -0.00472. The maximum Gasteiger partial charge on any atom is 0.414 e. The van der Waals surface area contributed by atoms with Crippen LogP contribution in [0.25, 0.3) is 22.6 Å². The second-order valence-electron chi connectivity index (χ2n) is 6.69. The number of hydrogen-bond donors (Lipinski definition) is 1. The van der Waals surface area contributed by atoms with E-state index in [2.05, 4.69) is 20.5 Å². The summed E-state index contributed by atoms with van der Waals surface area (Å²) in [6.45, 7) is 0.191. The van der Waals surface area contributed by atoms with E-state index in [-0.39, 0.29) is 42.8 Å². The van der Waals surface area contributed by atoms with Crippen molar-refractivity contribution >= 4 is 17.1 Å². The van der Waals surface area contributed by atoms with Crippen LogP contribution in [0.5, 0.6) is 6.08 Å². The number of rotatable bonds is 7. The molecule has 4 rings (SSSR count). The fourth-order valence-electron chi connectivity index (χ4n) is 3.06. The Bertz CT molecular complexity index is 1350. The lowest BCUT2D eigenvalue weighted by Gasteiger charge is -2.09. The van der Waals surface area contributed by atoms with Crippen LogP contribution in [0.1, 0.15) is 0 Å². The molecule has 3 aromatic heterocycles. The fourth-order valence-corrected chi connectivity index (χ4v) is 3.06. The van der Waals surface area contributed by atoms with Gasteiger partial charge in [0.2, 0.25) is 5.91 Å². The molecule has 12 heteroatoms. The third kappa shape index (κ3) is 3.95. The van der Waals surface area contributed by atoms with Crippen molar-refractivity contribution < 1.29 is 13.9 Å². The molecule has 0 aliphatic heterocycles. The number of amides is 1. The summed E-state index contributed by atoms with van der Waals surface area (Å²) in [6, 6.07) is 9.27. The van der Waals surface area contributed by atoms with Crippen LogP contribution in [0.4, 0.5) is 0 Å². The summed E-state index contributed by atoms with van der Waals surface area (Å²) in [7, 11) is 2.89. The summed E-state index contributed by atoms with van der Waals surface area (Å²) in [5, 5.41) is 10.4. The SMILES string of the molecule is Cn1c(=O)c2ncn(CC(=O)NCCOc3nnc(-c4ccccc4)o3)c2n(C)c1=O. The van der Waals surface area contributed by atoms with Gasteiger partial charge in [-0.25, -0.2) is 9.78 Å². The number of benzene rings is 1. The maximum absolute atomic E-state index is 12.3. The smallest absolute Gasteiger partial charge is 0.414 e. The molecule has 0 spiro atoms. The molecule has 1 aromatic carbocycles. The molecule has 0 radical (unpaired) electrons. The first kappa shape index (κ1) is 20.1. The molecule has 0 aliphatic rings. The second-order valence-corrected chi connectivity index (χ2v) is 6.69. The van der Waals surface area contributed by atoms with E-state index < -0.39 is 11.2 Å². The first-order valence-electron chi connectivity index (χ1n) is 9.35. The van der Waals surface area contributed by atoms with Gasteiger partial charge in [0.1, 0.15) is 18.8 Å². The molecule has 1 N–H and O–H groups in total. The topological polar surface area (TPSA) is 139 Å². The van der Waals surface area contributed by atoms with Crippen molar-refractivity contribution in [3.63, 3.8) is 0 Å². The molecule has 3 heterocycles. The molecule has 0 saturated heterocycles. The lowest BCUT2D eigenvalue weighted by molar-refractivity contribution is -0.121. The van der Waals surface area contributed by atoms with Crippen LogP contribution in [-0.4, -0.2) is 47.9 Å². The summed E-state index contributed by atoms with van der Waals surface area (Å²) < 4.78 is 14.5. The summed E-state index contributed by atoms with van der Waals surface area (Å²) in [5.41, 5.74) is 0.155. The zero-order chi connectivity index (χ0) is 22.0. The first-order valence-corrected chi connectivity index (χ1v) is 9.35. The van der Waals surface area contributed by atoms with Gasteiger partial charge in [-0.05, 0) is 12.1 Å². The monoisotopic (exact) mass is 425 g/mol. The van der Waals surface area contributed by atoms with Crippen LogP contribution in [0.15, 0.2) is 50.7 Å². The molecule has 160 valence electrons. The predicted molar refractivity (Wildman–Crippen MR) is 108 cm³/mol. The molecule has 4 aromatic rings. The van der Waals surface area contributed by atoms with Gasteiger partial charge in [0.25, 0.3) is 11.4 Å². The normalized spacial score (nSPS) is 11.0. The molecule has 1 amide bonds. The van der Waals surface area contributed by atoms with E-state index in [1.165, 1.54) is 29.6 Å². The highest BCUT2D eigenvalue weighted by Gasteiger charge is 2.16. The number of aromatic nitrogens is 6. The fraction of sp³-hybridized carbons (Fsp3) is 0.263. The van der Waals surface area contributed by atoms with Crippen molar-refractivity contribution in [2.45, 2.75) is 6.54 Å². The summed E-state index contributed by atoms with van der Waals surface area (Å²) >= 11 is 0. The van der Waals surface area contributed by atoms with E-state index in [4.69, 9.17) is 9.15 Å². The highest BCUT2D eigenvalue weighted by atomic mass is 16.6. The number of carbonyl (C=O) groups is 1. The van der Waals surface area contributed by atoms with E-state index in [0.717, 1.165) is 10.1 Å². The summed E-state index contributed by atoms with van der Waals surface area (Å²) in [6.07, 6.45) is 1.35. The molecule has 0 unspecified atom stereocenters. The van der Waals surface area contributed by atoms with Gasteiger partial charge < -0.3 is 19.0 Å². The minimum atomic E-state index is -0.514. The standard InChI is InChI=1S/C19H19N7O5/c1-24-16-14(17(28)25(2)19(24)29)21-11-26(16)10-13(27)20-8-9-30-18-23-22-15(31-18)12-6-4-3-5-7-12/h3-7,11H,8-10H2,1-2H3,(H,20,27). The van der Waals surface area contributed by atoms with Crippen LogP contribution in [0.2, 0.25) is 0 Å². The lowest BCUT2D eigenvalue weighted by Crippen LogP contribution is -2.38. The Kier molecular flexibility index (Phi) is 5.35. The van der Waals surface area contributed by atoms with Gasteiger partial charge >= 0.3 is 11.8 Å². The minimum Gasteiger partial charge on any atom is -0.447 e. The van der Waals surface area contributed by atoms with Crippen LogP contribution >= 0.6 is 0 Å². The molecule has 0 bridgehead atoms. The predicted octanol–water partition coefficient (Wildman–Crippen LogP) is -0.321. The molecular formula is C19H19N7O5. The van der Waals surface area contributed by atoms with Crippen molar-refractivity contribution in [2.75, 3.05) is 13.2 Å². The molecular weight excluding hydrogens is 406 g/mol. The zero-order valence-corrected chi connectivity index (χ0v) is 16.8. The average Bonchev–Trinajstić information content (AvgIpc) is 3.42. The van der Waals surface area contributed by atoms with Crippen molar-refractivity contribution in [3.05, 3.63) is 57.5 Å². The quantitative estimate of drug-likeness (QED) is 0.398. The van der Waals surface area contributed by atoms with Gasteiger partial charge in [-0.15, -0.1) is 5.10 Å². The third-order valence-electron chi connectivity index (χ3n) is 4.60. The van der Waals surface area contributed by atoms with Crippen LogP contribution in [0, 0.1) is 0 Å². The van der Waals surface area contributed by atoms with Crippen LogP contribution < -0.4 is 21.3 Å². The zero-order valence-electron chi connectivity index (χ0n) is 16.8. The van der Waals surface area contributed by atoms with E-state index in [1.807, 2.05) is 30.3 Å². The first-order chi connectivity index (χ1) is 15.0. The van der Waals surface area contributed by atoms with Gasteiger partial charge in [-0.1, -0.05) is 23.3 Å². The highest BCUT2D eigenvalue weighted by molar-refractivity contribution is 5.78. The number of nitrogens with zero attached hydrogens (tertiary/aromatic N) is 6. The van der Waals surface area contributed by atoms with E-state index in [9.17, 15) is 14.4 Å². The number of fused-ring (bicyclic) bond motifs is 1. The molecule has 0 aliphatic carbocycles. The largest absolute Gasteiger partial charge is 0.447 e.